The molecule has 0 saturated heterocycles. The van der Waals surface area contributed by atoms with Gasteiger partial charge >= 0.3 is 82.9 Å². The summed E-state index contributed by atoms with van der Waals surface area (Å²) >= 11 is 5.16. The molecule has 0 aliphatic heterocycles. The van der Waals surface area contributed by atoms with Gasteiger partial charge in [-0.15, -0.1) is 0 Å². The molecule has 0 nitrogen and oxygen atoms in total. The first-order valence-corrected chi connectivity index (χ1v) is 18.6. The SMILES string of the molecule is [I][Ga]([I])[c]1ccccc1. The summed E-state index contributed by atoms with van der Waals surface area (Å²) in [4.78, 5) is 0. The zero-order valence-corrected chi connectivity index (χ0v) is 11.5. The van der Waals surface area contributed by atoms with Crippen molar-refractivity contribution in [3.63, 3.8) is 0 Å². The molecule has 0 spiro atoms. The molecule has 0 aromatic heterocycles. The van der Waals surface area contributed by atoms with Gasteiger partial charge in [-0.3, -0.25) is 0 Å². The van der Waals surface area contributed by atoms with Crippen molar-refractivity contribution in [2.45, 2.75) is 0 Å². The minimum absolute atomic E-state index is 1.00. The zero-order valence-electron chi connectivity index (χ0n) is 4.72. The Morgan fingerprint density at radius 2 is 1.56 bits per heavy atom. The van der Waals surface area contributed by atoms with Gasteiger partial charge in [0, 0.05) is 0 Å². The fourth-order valence-corrected chi connectivity index (χ4v) is 5.99. The summed E-state index contributed by atoms with van der Waals surface area (Å²) in [6.07, 6.45) is 0. The summed E-state index contributed by atoms with van der Waals surface area (Å²) in [5, 5.41) is 0. The topological polar surface area (TPSA) is 0 Å². The van der Waals surface area contributed by atoms with Crippen LogP contribution >= 0.6 is 39.3 Å². The van der Waals surface area contributed by atoms with Crippen LogP contribution in [0.25, 0.3) is 0 Å². The Morgan fingerprint density at radius 1 is 1.00 bits per heavy atom. The Morgan fingerprint density at radius 3 is 1.89 bits per heavy atom. The van der Waals surface area contributed by atoms with Gasteiger partial charge < -0.3 is 0 Å². The molecule has 0 atom stereocenters. The predicted molar refractivity (Wildman–Crippen MR) is 59.9 cm³/mol. The molecule has 0 amide bonds. The van der Waals surface area contributed by atoms with E-state index in [1.54, 1.807) is 4.12 Å². The maximum absolute atomic E-state index is 2.58. The molecular weight excluding hydrogens is 396 g/mol. The van der Waals surface area contributed by atoms with Crippen LogP contribution in [-0.4, -0.2) is 9.12 Å². The summed E-state index contributed by atoms with van der Waals surface area (Å²) in [6.45, 7) is 0. The van der Waals surface area contributed by atoms with Crippen molar-refractivity contribution in [3.8, 4) is 0 Å². The summed E-state index contributed by atoms with van der Waals surface area (Å²) < 4.78 is 1.58. The van der Waals surface area contributed by atoms with E-state index in [9.17, 15) is 0 Å². The standard InChI is InChI=1S/C6H5.Ga.2HI/c1-2-4-6-5-3-1;;;/h1-5H;;2*1H/q;+2;;/p-2. The third kappa shape index (κ3) is 2.81. The van der Waals surface area contributed by atoms with Crippen molar-refractivity contribution in [1.82, 2.24) is 0 Å². The van der Waals surface area contributed by atoms with Crippen LogP contribution < -0.4 is 4.12 Å². The van der Waals surface area contributed by atoms with Crippen molar-refractivity contribution < 1.29 is 0 Å². The molecule has 0 unspecified atom stereocenters. The van der Waals surface area contributed by atoms with E-state index in [0.29, 0.717) is 0 Å². The van der Waals surface area contributed by atoms with Gasteiger partial charge in [-0.1, -0.05) is 0 Å². The number of hydrogen-bond donors (Lipinski definition) is 0. The van der Waals surface area contributed by atoms with E-state index in [1.807, 2.05) is 0 Å². The van der Waals surface area contributed by atoms with E-state index < -0.39 is 9.12 Å². The van der Waals surface area contributed by atoms with Crippen molar-refractivity contribution in [3.05, 3.63) is 30.3 Å². The fourth-order valence-electron chi connectivity index (χ4n) is 0.599. The van der Waals surface area contributed by atoms with Crippen LogP contribution in [0.5, 0.6) is 0 Å². The molecule has 0 heterocycles. The number of benzene rings is 1. The first-order chi connectivity index (χ1) is 4.30. The molecule has 0 fully saturated rings. The summed E-state index contributed by atoms with van der Waals surface area (Å²) in [5.74, 6) is 0. The van der Waals surface area contributed by atoms with Crippen molar-refractivity contribution >= 4 is 52.6 Å². The van der Waals surface area contributed by atoms with Gasteiger partial charge in [0.1, 0.15) is 0 Å². The van der Waals surface area contributed by atoms with Gasteiger partial charge in [0.2, 0.25) is 0 Å². The van der Waals surface area contributed by atoms with Crippen LogP contribution in [0.15, 0.2) is 30.3 Å². The third-order valence-electron chi connectivity index (χ3n) is 1.05. The summed E-state index contributed by atoms with van der Waals surface area (Å²) in [6, 6.07) is 10.8. The normalized spacial score (nSPS) is 9.11. The Bertz CT molecular complexity index is 174. The first kappa shape index (κ1) is 8.41. The molecule has 0 aliphatic rings. The third-order valence-corrected chi connectivity index (χ3v) is 10.4. The first-order valence-electron chi connectivity index (χ1n) is 2.64. The average molecular weight is 401 g/mol. The van der Waals surface area contributed by atoms with E-state index >= 15 is 0 Å². The van der Waals surface area contributed by atoms with Gasteiger partial charge in [-0.2, -0.15) is 0 Å². The van der Waals surface area contributed by atoms with Crippen LogP contribution in [0.2, 0.25) is 0 Å². The van der Waals surface area contributed by atoms with E-state index in [2.05, 4.69) is 69.7 Å². The Hall–Kier alpha value is 1.32. The minimum atomic E-state index is -1.00. The molecule has 0 saturated carbocycles. The Kier molecular flexibility index (Phi) is 3.97. The van der Waals surface area contributed by atoms with Crippen LogP contribution in [0.4, 0.5) is 0 Å². The van der Waals surface area contributed by atoms with Gasteiger partial charge in [-0.25, -0.2) is 0 Å². The van der Waals surface area contributed by atoms with Gasteiger partial charge in [0.15, 0.2) is 0 Å². The molecule has 46 valence electrons. The number of halogens is 2. The second-order valence-electron chi connectivity index (χ2n) is 1.71. The monoisotopic (exact) mass is 400 g/mol. The van der Waals surface area contributed by atoms with Gasteiger partial charge in [0.25, 0.3) is 0 Å². The van der Waals surface area contributed by atoms with Crippen molar-refractivity contribution in [2.75, 3.05) is 0 Å². The van der Waals surface area contributed by atoms with Crippen molar-refractivity contribution in [1.29, 1.82) is 0 Å². The van der Waals surface area contributed by atoms with Crippen LogP contribution in [-0.2, 0) is 0 Å². The van der Waals surface area contributed by atoms with Crippen molar-refractivity contribution in [2.24, 2.45) is 0 Å². The Balaban J connectivity index is 2.85. The molecule has 0 aliphatic carbocycles. The molecule has 1 rings (SSSR count). The molecule has 9 heavy (non-hydrogen) atoms. The molecule has 3 heteroatoms. The number of hydrogen-bond acceptors (Lipinski definition) is 0. The second kappa shape index (κ2) is 4.25. The van der Waals surface area contributed by atoms with E-state index in [-0.39, 0.29) is 0 Å². The van der Waals surface area contributed by atoms with Crippen LogP contribution in [0.3, 0.4) is 0 Å². The molecule has 0 radical (unpaired) electrons. The quantitative estimate of drug-likeness (QED) is 0.501. The van der Waals surface area contributed by atoms with Crippen LogP contribution in [0.1, 0.15) is 0 Å². The fraction of sp³-hybridized carbons (Fsp3) is 0. The average Bonchev–Trinajstić information content (AvgIpc) is 1.90. The molecule has 0 N–H and O–H groups in total. The van der Waals surface area contributed by atoms with E-state index in [4.69, 9.17) is 0 Å². The summed E-state index contributed by atoms with van der Waals surface area (Å²) in [5.41, 5.74) is 0. The number of rotatable bonds is 1. The van der Waals surface area contributed by atoms with Gasteiger partial charge in [0.05, 0.1) is 0 Å². The molecule has 1 aromatic carbocycles. The van der Waals surface area contributed by atoms with Crippen LogP contribution in [0, 0.1) is 0 Å². The molecule has 0 bridgehead atoms. The Labute approximate surface area is 81.7 Å². The zero-order chi connectivity index (χ0) is 6.69. The molecule has 1 aromatic rings. The molecular formula is C6H5GaI2. The summed E-state index contributed by atoms with van der Waals surface area (Å²) in [7, 11) is -1.00. The van der Waals surface area contributed by atoms with Gasteiger partial charge in [-0.05, 0) is 0 Å². The van der Waals surface area contributed by atoms with E-state index in [0.717, 1.165) is 0 Å². The maximum atomic E-state index is 2.58. The second-order valence-corrected chi connectivity index (χ2v) is 29.7. The van der Waals surface area contributed by atoms with E-state index in [1.165, 1.54) is 0 Å². The predicted octanol–water partition coefficient (Wildman–Crippen LogP) is 2.25.